The summed E-state index contributed by atoms with van der Waals surface area (Å²) in [5.41, 5.74) is 7.84. The van der Waals surface area contributed by atoms with Crippen molar-refractivity contribution in [1.29, 1.82) is 0 Å². The largest absolute Gasteiger partial charge is 0.325 e. The SMILES string of the molecule is CCCCCCCCCCCCCCCCCCCCC(Cc1ccccc1)C(C)(C)N. The maximum Gasteiger partial charge on any atom is 0.0129 e. The van der Waals surface area contributed by atoms with Crippen molar-refractivity contribution in [1.82, 2.24) is 0 Å². The van der Waals surface area contributed by atoms with E-state index in [1.807, 2.05) is 0 Å². The minimum Gasteiger partial charge on any atom is -0.325 e. The van der Waals surface area contributed by atoms with Gasteiger partial charge in [0.2, 0.25) is 0 Å². The van der Waals surface area contributed by atoms with Crippen molar-refractivity contribution in [2.45, 2.75) is 155 Å². The lowest BCUT2D eigenvalue weighted by molar-refractivity contribution is 0.290. The lowest BCUT2D eigenvalue weighted by atomic mass is 9.80. The molecule has 0 aliphatic heterocycles. The van der Waals surface area contributed by atoms with Crippen molar-refractivity contribution < 1.29 is 0 Å². The van der Waals surface area contributed by atoms with Gasteiger partial charge >= 0.3 is 0 Å². The molecule has 32 heavy (non-hydrogen) atoms. The molecule has 0 spiro atoms. The number of nitrogens with two attached hydrogens (primary N) is 1. The summed E-state index contributed by atoms with van der Waals surface area (Å²) < 4.78 is 0. The predicted molar refractivity (Wildman–Crippen MR) is 145 cm³/mol. The van der Waals surface area contributed by atoms with Crippen LogP contribution in [0.3, 0.4) is 0 Å². The molecule has 1 heteroatoms. The maximum absolute atomic E-state index is 6.50. The Bertz CT molecular complexity index is 501. The first-order chi connectivity index (χ1) is 15.5. The van der Waals surface area contributed by atoms with Crippen molar-refractivity contribution in [3.63, 3.8) is 0 Å². The van der Waals surface area contributed by atoms with Gasteiger partial charge in [-0.1, -0.05) is 153 Å². The number of unbranched alkanes of at least 4 members (excludes halogenated alkanes) is 17. The quantitative estimate of drug-likeness (QED) is 0.177. The van der Waals surface area contributed by atoms with Crippen LogP contribution >= 0.6 is 0 Å². The van der Waals surface area contributed by atoms with Gasteiger partial charge in [0.25, 0.3) is 0 Å². The minimum absolute atomic E-state index is 0.0928. The summed E-state index contributed by atoms with van der Waals surface area (Å²) in [5.74, 6) is 0.575. The number of rotatable bonds is 22. The molecule has 1 aromatic rings. The average Bonchev–Trinajstić information content (AvgIpc) is 2.77. The van der Waals surface area contributed by atoms with Crippen LogP contribution < -0.4 is 5.73 Å². The highest BCUT2D eigenvalue weighted by Crippen LogP contribution is 2.25. The van der Waals surface area contributed by atoms with Crippen LogP contribution in [0, 0.1) is 5.92 Å². The van der Waals surface area contributed by atoms with E-state index in [4.69, 9.17) is 5.73 Å². The van der Waals surface area contributed by atoms with Crippen molar-refractivity contribution in [3.8, 4) is 0 Å². The summed E-state index contributed by atoms with van der Waals surface area (Å²) in [6.07, 6.45) is 28.2. The Labute approximate surface area is 202 Å². The average molecular weight is 444 g/mol. The molecule has 0 fully saturated rings. The molecule has 0 aliphatic rings. The molecule has 2 N–H and O–H groups in total. The van der Waals surface area contributed by atoms with E-state index in [9.17, 15) is 0 Å². The summed E-state index contributed by atoms with van der Waals surface area (Å²) in [6, 6.07) is 10.9. The van der Waals surface area contributed by atoms with Crippen molar-refractivity contribution in [2.75, 3.05) is 0 Å². The van der Waals surface area contributed by atoms with Crippen molar-refractivity contribution >= 4 is 0 Å². The molecule has 0 saturated carbocycles. The molecule has 0 bridgehead atoms. The molecule has 1 aromatic carbocycles. The lowest BCUT2D eigenvalue weighted by Gasteiger charge is -2.31. The van der Waals surface area contributed by atoms with Gasteiger partial charge < -0.3 is 5.73 Å². The summed E-state index contributed by atoms with van der Waals surface area (Å²) in [4.78, 5) is 0. The Kier molecular flexibility index (Phi) is 17.9. The van der Waals surface area contributed by atoms with Gasteiger partial charge in [-0.3, -0.25) is 0 Å². The molecule has 186 valence electrons. The monoisotopic (exact) mass is 443 g/mol. The molecule has 1 nitrogen and oxygen atoms in total. The van der Waals surface area contributed by atoms with E-state index in [1.54, 1.807) is 0 Å². The molecule has 0 radical (unpaired) electrons. The Morgan fingerprint density at radius 3 is 1.34 bits per heavy atom. The van der Waals surface area contributed by atoms with E-state index >= 15 is 0 Å². The summed E-state index contributed by atoms with van der Waals surface area (Å²) in [6.45, 7) is 6.71. The van der Waals surface area contributed by atoms with Gasteiger partial charge in [-0.05, 0) is 38.2 Å². The maximum atomic E-state index is 6.50. The Hall–Kier alpha value is -0.820. The normalized spacial score (nSPS) is 12.9. The number of benzene rings is 1. The molecule has 1 unspecified atom stereocenters. The van der Waals surface area contributed by atoms with E-state index in [0.717, 1.165) is 6.42 Å². The molecule has 0 aliphatic carbocycles. The van der Waals surface area contributed by atoms with Crippen LogP contribution in [-0.2, 0) is 6.42 Å². The van der Waals surface area contributed by atoms with Crippen LogP contribution in [0.15, 0.2) is 30.3 Å². The molecule has 1 rings (SSSR count). The van der Waals surface area contributed by atoms with Crippen LogP contribution in [0.25, 0.3) is 0 Å². The van der Waals surface area contributed by atoms with Gasteiger partial charge in [0, 0.05) is 5.54 Å². The lowest BCUT2D eigenvalue weighted by Crippen LogP contribution is -2.42. The van der Waals surface area contributed by atoms with E-state index in [0.29, 0.717) is 5.92 Å². The first-order valence-corrected chi connectivity index (χ1v) is 14.4. The Morgan fingerprint density at radius 1 is 0.594 bits per heavy atom. The highest BCUT2D eigenvalue weighted by molar-refractivity contribution is 5.16. The van der Waals surface area contributed by atoms with Gasteiger partial charge in [-0.15, -0.1) is 0 Å². The highest BCUT2D eigenvalue weighted by Gasteiger charge is 2.24. The first-order valence-electron chi connectivity index (χ1n) is 14.4. The second kappa shape index (κ2) is 19.6. The van der Waals surface area contributed by atoms with E-state index in [1.165, 1.54) is 128 Å². The summed E-state index contributed by atoms with van der Waals surface area (Å²) in [7, 11) is 0. The summed E-state index contributed by atoms with van der Waals surface area (Å²) in [5, 5.41) is 0. The second-order valence-corrected chi connectivity index (χ2v) is 11.0. The highest BCUT2D eigenvalue weighted by atomic mass is 14.7. The third-order valence-electron chi connectivity index (χ3n) is 7.28. The zero-order valence-corrected chi connectivity index (χ0v) is 22.2. The molecular weight excluding hydrogens is 386 g/mol. The van der Waals surface area contributed by atoms with Crippen molar-refractivity contribution in [2.24, 2.45) is 11.7 Å². The van der Waals surface area contributed by atoms with E-state index < -0.39 is 0 Å². The fourth-order valence-corrected chi connectivity index (χ4v) is 4.93. The molecular formula is C31H57N. The third kappa shape index (κ3) is 16.8. The first kappa shape index (κ1) is 29.2. The molecule has 0 amide bonds. The van der Waals surface area contributed by atoms with Crippen LogP contribution in [0.2, 0.25) is 0 Å². The number of hydrogen-bond donors (Lipinski definition) is 1. The standard InChI is InChI=1S/C31H57N/c1-4-5-6-7-8-9-10-11-12-13-14-15-16-17-18-19-20-24-27-30(31(2,3)32)28-29-25-22-21-23-26-29/h21-23,25-26,30H,4-20,24,27-28,32H2,1-3H3. The van der Waals surface area contributed by atoms with E-state index in [2.05, 4.69) is 51.1 Å². The van der Waals surface area contributed by atoms with Gasteiger partial charge in [-0.25, -0.2) is 0 Å². The van der Waals surface area contributed by atoms with Crippen LogP contribution in [0.4, 0.5) is 0 Å². The van der Waals surface area contributed by atoms with Gasteiger partial charge in [0.05, 0.1) is 0 Å². The van der Waals surface area contributed by atoms with Gasteiger partial charge in [0.1, 0.15) is 0 Å². The second-order valence-electron chi connectivity index (χ2n) is 11.0. The van der Waals surface area contributed by atoms with Crippen LogP contribution in [0.5, 0.6) is 0 Å². The topological polar surface area (TPSA) is 26.0 Å². The Morgan fingerprint density at radius 2 is 0.969 bits per heavy atom. The fraction of sp³-hybridized carbons (Fsp3) is 0.806. The molecule has 1 atom stereocenters. The smallest absolute Gasteiger partial charge is 0.0129 e. The van der Waals surface area contributed by atoms with Gasteiger partial charge in [0.15, 0.2) is 0 Å². The van der Waals surface area contributed by atoms with Crippen molar-refractivity contribution in [3.05, 3.63) is 35.9 Å². The van der Waals surface area contributed by atoms with Crippen LogP contribution in [0.1, 0.15) is 148 Å². The number of hydrogen-bond acceptors (Lipinski definition) is 1. The predicted octanol–water partition coefficient (Wildman–Crippen LogP) is 10.0. The Balaban J connectivity index is 1.89. The van der Waals surface area contributed by atoms with E-state index in [-0.39, 0.29) is 5.54 Å². The third-order valence-corrected chi connectivity index (χ3v) is 7.28. The zero-order chi connectivity index (χ0) is 23.3. The minimum atomic E-state index is -0.0928. The zero-order valence-electron chi connectivity index (χ0n) is 22.2. The van der Waals surface area contributed by atoms with Crippen LogP contribution in [-0.4, -0.2) is 5.54 Å². The molecule has 0 heterocycles. The molecule has 0 saturated heterocycles. The summed E-state index contributed by atoms with van der Waals surface area (Å²) >= 11 is 0. The fourth-order valence-electron chi connectivity index (χ4n) is 4.93. The van der Waals surface area contributed by atoms with Gasteiger partial charge in [-0.2, -0.15) is 0 Å². The molecule has 0 aromatic heterocycles.